The molecule has 0 fully saturated rings. The molecule has 440 valence electrons. The van der Waals surface area contributed by atoms with E-state index in [-0.39, 0.29) is 31.1 Å². The average Bonchev–Trinajstić information content (AvgIpc) is 3.42. The van der Waals surface area contributed by atoms with Gasteiger partial charge in [0.05, 0.1) is 0 Å². The fourth-order valence-corrected chi connectivity index (χ4v) is 9.48. The summed E-state index contributed by atoms with van der Waals surface area (Å²) in [6.45, 7) is 6.53. The molecule has 0 amide bonds. The summed E-state index contributed by atoms with van der Waals surface area (Å²) in [5, 5.41) is 0. The van der Waals surface area contributed by atoms with Crippen molar-refractivity contribution in [2.24, 2.45) is 0 Å². The van der Waals surface area contributed by atoms with E-state index in [1.165, 1.54) is 193 Å². The highest BCUT2D eigenvalue weighted by molar-refractivity contribution is 5.71. The smallest absolute Gasteiger partial charge is 0.306 e. The van der Waals surface area contributed by atoms with Gasteiger partial charge in [-0.1, -0.05) is 280 Å². The SMILES string of the molecule is CC/C=C\C/C=C\C/C=C\CCCCCCCCCC(=O)OC(COC(=O)CCCCCCC/C=C\C/C=C\CCCCCC)COC(=O)CCCCCCCCCCCCCCC/C=C\CCCCCCCCCC. The molecule has 0 N–H and O–H groups in total. The normalized spacial score (nSPS) is 12.5. The molecule has 0 aliphatic rings. The van der Waals surface area contributed by atoms with Crippen molar-refractivity contribution in [3.05, 3.63) is 72.9 Å². The number of allylic oxidation sites excluding steroid dienone is 12. The minimum absolute atomic E-state index is 0.0824. The van der Waals surface area contributed by atoms with Crippen LogP contribution in [0.25, 0.3) is 0 Å². The lowest BCUT2D eigenvalue weighted by Crippen LogP contribution is -2.30. The Morgan fingerprint density at radius 1 is 0.276 bits per heavy atom. The summed E-state index contributed by atoms with van der Waals surface area (Å²) in [5.41, 5.74) is 0. The molecule has 0 aromatic rings. The van der Waals surface area contributed by atoms with Crippen LogP contribution >= 0.6 is 0 Å². The number of hydrogen-bond acceptors (Lipinski definition) is 6. The largest absolute Gasteiger partial charge is 0.462 e. The second kappa shape index (κ2) is 64.4. The highest BCUT2D eigenvalue weighted by atomic mass is 16.6. The maximum atomic E-state index is 12.9. The number of rotatable bonds is 60. The number of carbonyl (C=O) groups is 3. The molecule has 0 heterocycles. The van der Waals surface area contributed by atoms with Gasteiger partial charge in [0.15, 0.2) is 6.10 Å². The van der Waals surface area contributed by atoms with Gasteiger partial charge in [0.2, 0.25) is 0 Å². The van der Waals surface area contributed by atoms with Gasteiger partial charge in [0.1, 0.15) is 13.2 Å². The number of ether oxygens (including phenoxy) is 3. The van der Waals surface area contributed by atoms with Gasteiger partial charge in [-0.2, -0.15) is 0 Å². The molecule has 0 spiro atoms. The van der Waals surface area contributed by atoms with Crippen LogP contribution in [0.3, 0.4) is 0 Å². The van der Waals surface area contributed by atoms with Crippen molar-refractivity contribution >= 4 is 17.9 Å². The Morgan fingerprint density at radius 2 is 0.513 bits per heavy atom. The van der Waals surface area contributed by atoms with E-state index in [0.717, 1.165) is 103 Å². The second-order valence-electron chi connectivity index (χ2n) is 22.0. The number of unbranched alkanes of at least 4 members (excludes halogenated alkanes) is 37. The Bertz CT molecular complexity index is 1400. The van der Waals surface area contributed by atoms with Crippen molar-refractivity contribution in [3.63, 3.8) is 0 Å². The Kier molecular flexibility index (Phi) is 61.7. The minimum atomic E-state index is -0.788. The van der Waals surface area contributed by atoms with Crippen molar-refractivity contribution in [2.45, 2.75) is 341 Å². The Labute approximate surface area is 472 Å². The lowest BCUT2D eigenvalue weighted by molar-refractivity contribution is -0.167. The Morgan fingerprint density at radius 3 is 0.829 bits per heavy atom. The summed E-state index contributed by atoms with van der Waals surface area (Å²) in [6, 6.07) is 0. The van der Waals surface area contributed by atoms with Gasteiger partial charge in [0.25, 0.3) is 0 Å². The maximum Gasteiger partial charge on any atom is 0.306 e. The van der Waals surface area contributed by atoms with Gasteiger partial charge >= 0.3 is 17.9 Å². The van der Waals surface area contributed by atoms with Gasteiger partial charge in [-0.25, -0.2) is 0 Å². The number of hydrogen-bond donors (Lipinski definition) is 0. The lowest BCUT2D eigenvalue weighted by atomic mass is 10.0. The van der Waals surface area contributed by atoms with Gasteiger partial charge in [-0.15, -0.1) is 0 Å². The summed E-state index contributed by atoms with van der Waals surface area (Å²) < 4.78 is 16.9. The van der Waals surface area contributed by atoms with Crippen LogP contribution in [0.2, 0.25) is 0 Å². The third-order valence-corrected chi connectivity index (χ3v) is 14.4. The minimum Gasteiger partial charge on any atom is -0.462 e. The molecule has 6 nitrogen and oxygen atoms in total. The molecular weight excluding hydrogens is 937 g/mol. The van der Waals surface area contributed by atoms with Crippen LogP contribution in [-0.4, -0.2) is 37.2 Å². The van der Waals surface area contributed by atoms with Crippen molar-refractivity contribution in [3.8, 4) is 0 Å². The maximum absolute atomic E-state index is 12.9. The molecule has 0 aliphatic carbocycles. The molecule has 76 heavy (non-hydrogen) atoms. The second-order valence-corrected chi connectivity index (χ2v) is 22.0. The van der Waals surface area contributed by atoms with E-state index in [1.54, 1.807) is 0 Å². The molecule has 1 atom stereocenters. The molecular formula is C70H124O6. The van der Waals surface area contributed by atoms with Crippen LogP contribution in [0.4, 0.5) is 0 Å². The molecule has 6 heteroatoms. The van der Waals surface area contributed by atoms with E-state index in [0.29, 0.717) is 19.3 Å². The van der Waals surface area contributed by atoms with Crippen molar-refractivity contribution < 1.29 is 28.6 Å². The molecule has 0 aromatic heterocycles. The molecule has 0 rings (SSSR count). The third kappa shape index (κ3) is 61.7. The predicted molar refractivity (Wildman–Crippen MR) is 330 cm³/mol. The van der Waals surface area contributed by atoms with Crippen LogP contribution in [0.5, 0.6) is 0 Å². The topological polar surface area (TPSA) is 78.9 Å². The third-order valence-electron chi connectivity index (χ3n) is 14.4. The Balaban J connectivity index is 4.32. The van der Waals surface area contributed by atoms with E-state index in [4.69, 9.17) is 14.2 Å². The zero-order chi connectivity index (χ0) is 55.0. The first-order valence-corrected chi connectivity index (χ1v) is 32.9. The van der Waals surface area contributed by atoms with Crippen LogP contribution in [0, 0.1) is 0 Å². The summed E-state index contributed by atoms with van der Waals surface area (Å²) >= 11 is 0. The van der Waals surface area contributed by atoms with E-state index in [2.05, 4.69) is 93.7 Å². The first-order valence-electron chi connectivity index (χ1n) is 32.9. The molecule has 0 bridgehead atoms. The van der Waals surface area contributed by atoms with Crippen LogP contribution in [-0.2, 0) is 28.6 Å². The van der Waals surface area contributed by atoms with Crippen molar-refractivity contribution in [1.29, 1.82) is 0 Å². The van der Waals surface area contributed by atoms with Gasteiger partial charge in [-0.3, -0.25) is 14.4 Å². The number of carbonyl (C=O) groups excluding carboxylic acids is 3. The standard InChI is InChI=1S/C70H124O6/c1-4-7-10-13-16-19-22-25-28-31-32-33-34-35-36-37-38-40-42-45-48-51-54-57-60-63-69(72)75-66-67(65-74-68(71)62-59-56-53-50-47-44-41-30-27-24-21-18-15-12-9-6-3)76-70(73)64-61-58-55-52-49-46-43-39-29-26-23-20-17-14-11-8-5-2/h8,11,17,20-21,24,26,29-32,41,67H,4-7,9-10,12-16,18-19,22-23,25,27-28,33-40,42-66H2,1-3H3/b11-8-,20-17-,24-21-,29-26-,32-31-,41-30-. The first kappa shape index (κ1) is 72.8. The zero-order valence-electron chi connectivity index (χ0n) is 50.5. The van der Waals surface area contributed by atoms with Crippen LogP contribution in [0.1, 0.15) is 335 Å². The lowest BCUT2D eigenvalue weighted by Gasteiger charge is -2.18. The van der Waals surface area contributed by atoms with Gasteiger partial charge < -0.3 is 14.2 Å². The summed E-state index contributed by atoms with van der Waals surface area (Å²) in [7, 11) is 0. The molecule has 0 radical (unpaired) electrons. The fourth-order valence-electron chi connectivity index (χ4n) is 9.48. The number of esters is 3. The molecule has 0 aromatic carbocycles. The zero-order valence-corrected chi connectivity index (χ0v) is 50.5. The summed E-state index contributed by atoms with van der Waals surface area (Å²) in [6.07, 6.45) is 83.4. The molecule has 1 unspecified atom stereocenters. The van der Waals surface area contributed by atoms with Crippen molar-refractivity contribution in [1.82, 2.24) is 0 Å². The van der Waals surface area contributed by atoms with Gasteiger partial charge in [0, 0.05) is 19.3 Å². The molecule has 0 saturated heterocycles. The van der Waals surface area contributed by atoms with E-state index in [1.807, 2.05) is 0 Å². The van der Waals surface area contributed by atoms with Crippen molar-refractivity contribution in [2.75, 3.05) is 13.2 Å². The average molecular weight is 1060 g/mol. The summed E-state index contributed by atoms with van der Waals surface area (Å²) in [5.74, 6) is -0.891. The van der Waals surface area contributed by atoms with E-state index < -0.39 is 6.10 Å². The van der Waals surface area contributed by atoms with E-state index in [9.17, 15) is 14.4 Å². The van der Waals surface area contributed by atoms with Crippen LogP contribution < -0.4 is 0 Å². The van der Waals surface area contributed by atoms with E-state index >= 15 is 0 Å². The highest BCUT2D eigenvalue weighted by Crippen LogP contribution is 2.17. The highest BCUT2D eigenvalue weighted by Gasteiger charge is 2.19. The quantitative estimate of drug-likeness (QED) is 0.0261. The van der Waals surface area contributed by atoms with Crippen LogP contribution in [0.15, 0.2) is 72.9 Å². The monoisotopic (exact) mass is 1060 g/mol. The van der Waals surface area contributed by atoms with Gasteiger partial charge in [-0.05, 0) is 109 Å². The fraction of sp³-hybridized carbons (Fsp3) is 0.786. The Hall–Kier alpha value is -3.15. The molecule has 0 aliphatic heterocycles. The summed E-state index contributed by atoms with van der Waals surface area (Å²) in [4.78, 5) is 38.3. The molecule has 0 saturated carbocycles. The first-order chi connectivity index (χ1) is 37.5. The predicted octanol–water partition coefficient (Wildman–Crippen LogP) is 22.5.